The number of hydrogen-bond acceptors (Lipinski definition) is 1. The predicted molar refractivity (Wildman–Crippen MR) is 76.6 cm³/mol. The molecule has 1 nitrogen and oxygen atoms in total. The van der Waals surface area contributed by atoms with E-state index >= 15 is 0 Å². The van der Waals surface area contributed by atoms with Gasteiger partial charge in [-0.25, -0.2) is 0 Å². The van der Waals surface area contributed by atoms with Crippen LogP contribution in [0, 0.1) is 33.6 Å². The lowest BCUT2D eigenvalue weighted by atomic mass is 9.82. The molecule has 0 radical (unpaired) electrons. The fraction of sp³-hybridized carbons (Fsp3) is 0.625. The van der Waals surface area contributed by atoms with Gasteiger partial charge in [-0.1, -0.05) is 19.9 Å². The van der Waals surface area contributed by atoms with Crippen molar-refractivity contribution >= 4 is 0 Å². The summed E-state index contributed by atoms with van der Waals surface area (Å²) in [5, 5.41) is 0. The molecule has 0 heterocycles. The van der Waals surface area contributed by atoms with Crippen LogP contribution in [0.25, 0.3) is 0 Å². The minimum atomic E-state index is 0.508. The summed E-state index contributed by atoms with van der Waals surface area (Å²) in [5.41, 5.74) is 13.1. The van der Waals surface area contributed by atoms with Gasteiger partial charge in [0.1, 0.15) is 0 Å². The Morgan fingerprint density at radius 2 is 1.47 bits per heavy atom. The summed E-state index contributed by atoms with van der Waals surface area (Å²) in [4.78, 5) is 0. The van der Waals surface area contributed by atoms with Crippen molar-refractivity contribution in [2.45, 2.75) is 53.9 Å². The van der Waals surface area contributed by atoms with Crippen molar-refractivity contribution in [1.82, 2.24) is 0 Å². The van der Waals surface area contributed by atoms with Gasteiger partial charge in [-0.2, -0.15) is 0 Å². The molecule has 0 bridgehead atoms. The molecule has 1 atom stereocenters. The van der Waals surface area contributed by atoms with E-state index in [1.54, 1.807) is 0 Å². The maximum atomic E-state index is 5.99. The van der Waals surface area contributed by atoms with Gasteiger partial charge in [0.05, 0.1) is 0 Å². The van der Waals surface area contributed by atoms with Crippen molar-refractivity contribution in [3.05, 3.63) is 33.9 Å². The molecule has 0 fully saturated rings. The topological polar surface area (TPSA) is 26.0 Å². The van der Waals surface area contributed by atoms with Crippen LogP contribution in [0.1, 0.15) is 54.0 Å². The minimum Gasteiger partial charge on any atom is -0.330 e. The summed E-state index contributed by atoms with van der Waals surface area (Å²) in [5.74, 6) is 1.21. The van der Waals surface area contributed by atoms with Gasteiger partial charge in [0.15, 0.2) is 0 Å². The molecule has 0 aliphatic rings. The largest absolute Gasteiger partial charge is 0.330 e. The van der Waals surface area contributed by atoms with E-state index in [1.807, 2.05) is 0 Å². The fourth-order valence-corrected chi connectivity index (χ4v) is 2.76. The number of hydrogen-bond donors (Lipinski definition) is 1. The Labute approximate surface area is 106 Å². The van der Waals surface area contributed by atoms with Gasteiger partial charge in [-0.05, 0) is 80.3 Å². The van der Waals surface area contributed by atoms with Crippen molar-refractivity contribution in [1.29, 1.82) is 0 Å². The first-order valence-electron chi connectivity index (χ1n) is 6.65. The van der Waals surface area contributed by atoms with Crippen molar-refractivity contribution in [3.8, 4) is 0 Å². The second-order valence-electron chi connectivity index (χ2n) is 5.74. The van der Waals surface area contributed by atoms with Crippen molar-refractivity contribution in [2.24, 2.45) is 11.7 Å². The molecule has 0 amide bonds. The monoisotopic (exact) mass is 233 g/mol. The number of rotatable bonds is 4. The Morgan fingerprint density at radius 1 is 1.00 bits per heavy atom. The smallest absolute Gasteiger partial charge is 0.000793 e. The third-order valence-corrected chi connectivity index (χ3v) is 3.87. The Balaban J connectivity index is 3.27. The lowest BCUT2D eigenvalue weighted by molar-refractivity contribution is 0.501. The van der Waals surface area contributed by atoms with E-state index in [9.17, 15) is 0 Å². The lowest BCUT2D eigenvalue weighted by Gasteiger charge is -2.24. The van der Waals surface area contributed by atoms with E-state index in [2.05, 4.69) is 47.6 Å². The molecule has 1 heteroatoms. The molecule has 0 saturated carbocycles. The number of aryl methyl sites for hydroxylation is 2. The van der Waals surface area contributed by atoms with Crippen LogP contribution in [0.4, 0.5) is 0 Å². The summed E-state index contributed by atoms with van der Waals surface area (Å²) < 4.78 is 0. The normalized spacial score (nSPS) is 13.2. The second-order valence-corrected chi connectivity index (χ2v) is 5.74. The average Bonchev–Trinajstić information content (AvgIpc) is 2.24. The van der Waals surface area contributed by atoms with Crippen LogP contribution in [-0.4, -0.2) is 6.54 Å². The molecule has 1 aromatic carbocycles. The molecule has 0 spiro atoms. The third kappa shape index (κ3) is 3.10. The predicted octanol–water partition coefficient (Wildman–Crippen LogP) is 4.01. The molecule has 96 valence electrons. The molecule has 2 N–H and O–H groups in total. The molecule has 1 aromatic rings. The van der Waals surface area contributed by atoms with Gasteiger partial charge in [-0.15, -0.1) is 0 Å². The molecular formula is C16H27N. The standard InChI is InChI=1S/C16H27N/c1-10(2)7-15(9-17)16-13(5)11(3)8-12(4)14(16)6/h8,10,15H,7,9,17H2,1-6H3. The SMILES string of the molecule is Cc1cc(C)c(C)c(C(CN)CC(C)C)c1C. The van der Waals surface area contributed by atoms with Crippen LogP contribution in [0.15, 0.2) is 6.07 Å². The first-order chi connectivity index (χ1) is 7.88. The molecule has 0 aliphatic carbocycles. The zero-order valence-electron chi connectivity index (χ0n) is 12.2. The highest BCUT2D eigenvalue weighted by Crippen LogP contribution is 2.31. The van der Waals surface area contributed by atoms with Crippen molar-refractivity contribution < 1.29 is 0 Å². The molecule has 1 unspecified atom stereocenters. The molecular weight excluding hydrogens is 206 g/mol. The maximum absolute atomic E-state index is 5.99. The van der Waals surface area contributed by atoms with Gasteiger partial charge >= 0.3 is 0 Å². The van der Waals surface area contributed by atoms with Crippen LogP contribution >= 0.6 is 0 Å². The highest BCUT2D eigenvalue weighted by molar-refractivity contribution is 5.46. The van der Waals surface area contributed by atoms with Crippen molar-refractivity contribution in [3.63, 3.8) is 0 Å². The van der Waals surface area contributed by atoms with E-state index in [0.29, 0.717) is 11.8 Å². The van der Waals surface area contributed by atoms with E-state index in [-0.39, 0.29) is 0 Å². The zero-order valence-corrected chi connectivity index (χ0v) is 12.2. The Hall–Kier alpha value is -0.820. The highest BCUT2D eigenvalue weighted by Gasteiger charge is 2.18. The van der Waals surface area contributed by atoms with Gasteiger partial charge in [-0.3, -0.25) is 0 Å². The van der Waals surface area contributed by atoms with E-state index in [1.165, 1.54) is 34.2 Å². The summed E-state index contributed by atoms with van der Waals surface area (Å²) in [6.45, 7) is 14.2. The van der Waals surface area contributed by atoms with Gasteiger partial charge in [0, 0.05) is 0 Å². The third-order valence-electron chi connectivity index (χ3n) is 3.87. The molecule has 0 aromatic heterocycles. The van der Waals surface area contributed by atoms with Crippen LogP contribution in [-0.2, 0) is 0 Å². The number of benzene rings is 1. The summed E-state index contributed by atoms with van der Waals surface area (Å²) >= 11 is 0. The maximum Gasteiger partial charge on any atom is -0.000793 e. The zero-order chi connectivity index (χ0) is 13.2. The fourth-order valence-electron chi connectivity index (χ4n) is 2.76. The van der Waals surface area contributed by atoms with Crippen LogP contribution in [0.5, 0.6) is 0 Å². The van der Waals surface area contributed by atoms with Crippen LogP contribution in [0.2, 0.25) is 0 Å². The van der Waals surface area contributed by atoms with Crippen LogP contribution in [0.3, 0.4) is 0 Å². The highest BCUT2D eigenvalue weighted by atomic mass is 14.6. The Morgan fingerprint density at radius 3 is 1.82 bits per heavy atom. The average molecular weight is 233 g/mol. The lowest BCUT2D eigenvalue weighted by Crippen LogP contribution is -2.18. The number of nitrogens with two attached hydrogens (primary N) is 1. The van der Waals surface area contributed by atoms with E-state index in [0.717, 1.165) is 6.54 Å². The van der Waals surface area contributed by atoms with Crippen molar-refractivity contribution in [2.75, 3.05) is 6.54 Å². The quantitative estimate of drug-likeness (QED) is 0.835. The van der Waals surface area contributed by atoms with Gasteiger partial charge in [0.25, 0.3) is 0 Å². The van der Waals surface area contributed by atoms with E-state index < -0.39 is 0 Å². The molecule has 0 saturated heterocycles. The minimum absolute atomic E-state index is 0.508. The molecule has 0 aliphatic heterocycles. The van der Waals surface area contributed by atoms with Gasteiger partial charge in [0.2, 0.25) is 0 Å². The second kappa shape index (κ2) is 5.68. The van der Waals surface area contributed by atoms with E-state index in [4.69, 9.17) is 5.73 Å². The van der Waals surface area contributed by atoms with Gasteiger partial charge < -0.3 is 5.73 Å². The summed E-state index contributed by atoms with van der Waals surface area (Å²) in [6.07, 6.45) is 1.18. The first-order valence-corrected chi connectivity index (χ1v) is 6.65. The van der Waals surface area contributed by atoms with Crippen LogP contribution < -0.4 is 5.73 Å². The summed E-state index contributed by atoms with van der Waals surface area (Å²) in [6, 6.07) is 2.29. The molecule has 1 rings (SSSR count). The Bertz CT molecular complexity index is 365. The summed E-state index contributed by atoms with van der Waals surface area (Å²) in [7, 11) is 0. The first kappa shape index (κ1) is 14.2. The molecule has 17 heavy (non-hydrogen) atoms. The Kier molecular flexibility index (Phi) is 4.76.